The van der Waals surface area contributed by atoms with Crippen LogP contribution in [0.2, 0.25) is 10.0 Å². The molecule has 2 aromatic carbocycles. The Balaban J connectivity index is 1.90. The molecule has 3 rings (SSSR count). The number of halogens is 2. The standard InChI is InChI=1S/C15H13Cl2N3O3S/c16-10-2-1-3-11(6-10)19-8-15(21)20(9-19)14-5-4-12(7-13(14)17)24(18,22)23/h1-7H,8-9H2,(H2,18,22,23). The minimum absolute atomic E-state index is 0.102. The Kier molecular flexibility index (Phi) is 4.44. The van der Waals surface area contributed by atoms with Gasteiger partial charge in [0.25, 0.3) is 0 Å². The molecule has 0 radical (unpaired) electrons. The highest BCUT2D eigenvalue weighted by Crippen LogP contribution is 2.32. The Labute approximate surface area is 149 Å². The highest BCUT2D eigenvalue weighted by molar-refractivity contribution is 7.89. The lowest BCUT2D eigenvalue weighted by Crippen LogP contribution is -2.27. The summed E-state index contributed by atoms with van der Waals surface area (Å²) in [5.74, 6) is -0.153. The fraction of sp³-hybridized carbons (Fsp3) is 0.133. The van der Waals surface area contributed by atoms with E-state index < -0.39 is 10.0 Å². The minimum Gasteiger partial charge on any atom is -0.344 e. The zero-order chi connectivity index (χ0) is 17.5. The third-order valence-corrected chi connectivity index (χ3v) is 5.10. The largest absolute Gasteiger partial charge is 0.344 e. The van der Waals surface area contributed by atoms with Gasteiger partial charge in [0.2, 0.25) is 15.9 Å². The smallest absolute Gasteiger partial charge is 0.248 e. The van der Waals surface area contributed by atoms with E-state index in [1.54, 1.807) is 18.2 Å². The minimum atomic E-state index is -3.85. The van der Waals surface area contributed by atoms with Crippen molar-refractivity contribution in [2.24, 2.45) is 5.14 Å². The normalized spacial score (nSPS) is 15.2. The molecule has 126 valence electrons. The fourth-order valence-electron chi connectivity index (χ4n) is 2.49. The van der Waals surface area contributed by atoms with Gasteiger partial charge in [-0.2, -0.15) is 0 Å². The molecule has 0 bridgehead atoms. The van der Waals surface area contributed by atoms with Crippen LogP contribution in [0.3, 0.4) is 0 Å². The van der Waals surface area contributed by atoms with Gasteiger partial charge < -0.3 is 4.90 Å². The summed E-state index contributed by atoms with van der Waals surface area (Å²) in [6.45, 7) is 0.460. The Morgan fingerprint density at radius 3 is 2.46 bits per heavy atom. The van der Waals surface area contributed by atoms with Gasteiger partial charge in [0.15, 0.2) is 0 Å². The second-order valence-electron chi connectivity index (χ2n) is 5.30. The molecular weight excluding hydrogens is 373 g/mol. The molecule has 1 amide bonds. The summed E-state index contributed by atoms with van der Waals surface area (Å²) in [5, 5.41) is 5.80. The second-order valence-corrected chi connectivity index (χ2v) is 7.70. The molecule has 1 saturated heterocycles. The zero-order valence-electron chi connectivity index (χ0n) is 12.3. The summed E-state index contributed by atoms with van der Waals surface area (Å²) in [5.41, 5.74) is 1.24. The van der Waals surface area contributed by atoms with Crippen LogP contribution < -0.4 is 14.9 Å². The van der Waals surface area contributed by atoms with Crippen molar-refractivity contribution in [1.82, 2.24) is 0 Å². The van der Waals surface area contributed by atoms with Crippen LogP contribution in [0.1, 0.15) is 0 Å². The number of carbonyl (C=O) groups excluding carboxylic acids is 1. The first-order valence-corrected chi connectivity index (χ1v) is 9.19. The number of nitrogens with zero attached hydrogens (tertiary/aromatic N) is 2. The van der Waals surface area contributed by atoms with Crippen LogP contribution in [-0.4, -0.2) is 27.5 Å². The van der Waals surface area contributed by atoms with Crippen molar-refractivity contribution >= 4 is 50.5 Å². The van der Waals surface area contributed by atoms with Crippen molar-refractivity contribution in [2.45, 2.75) is 4.90 Å². The van der Waals surface area contributed by atoms with E-state index in [-0.39, 0.29) is 29.0 Å². The van der Waals surface area contributed by atoms with E-state index in [9.17, 15) is 13.2 Å². The van der Waals surface area contributed by atoms with Gasteiger partial charge in [0.05, 0.1) is 28.8 Å². The van der Waals surface area contributed by atoms with E-state index in [1.165, 1.54) is 23.1 Å². The van der Waals surface area contributed by atoms with Crippen LogP contribution in [-0.2, 0) is 14.8 Å². The first kappa shape index (κ1) is 17.0. The summed E-state index contributed by atoms with van der Waals surface area (Å²) in [6, 6.07) is 11.2. The lowest BCUT2D eigenvalue weighted by atomic mass is 10.3. The van der Waals surface area contributed by atoms with Gasteiger partial charge in [-0.15, -0.1) is 0 Å². The van der Waals surface area contributed by atoms with Crippen LogP contribution in [0.5, 0.6) is 0 Å². The van der Waals surface area contributed by atoms with Crippen LogP contribution in [0.4, 0.5) is 11.4 Å². The molecule has 9 heteroatoms. The van der Waals surface area contributed by atoms with Gasteiger partial charge in [0, 0.05) is 10.7 Å². The average molecular weight is 386 g/mol. The third kappa shape index (κ3) is 3.34. The van der Waals surface area contributed by atoms with E-state index in [0.717, 1.165) is 5.69 Å². The third-order valence-electron chi connectivity index (χ3n) is 3.65. The Morgan fingerprint density at radius 2 is 1.83 bits per heavy atom. The molecule has 0 aromatic heterocycles. The first-order valence-electron chi connectivity index (χ1n) is 6.89. The predicted molar refractivity (Wildman–Crippen MR) is 94.0 cm³/mol. The maximum absolute atomic E-state index is 12.3. The van der Waals surface area contributed by atoms with Crippen LogP contribution >= 0.6 is 23.2 Å². The molecule has 0 atom stereocenters. The number of amides is 1. The molecular formula is C15H13Cl2N3O3S. The van der Waals surface area contributed by atoms with Crippen molar-refractivity contribution in [2.75, 3.05) is 23.0 Å². The molecule has 2 N–H and O–H groups in total. The number of hydrogen-bond donors (Lipinski definition) is 1. The van der Waals surface area contributed by atoms with Gasteiger partial charge in [-0.25, -0.2) is 13.6 Å². The molecule has 6 nitrogen and oxygen atoms in total. The Bertz CT molecular complexity index is 918. The Morgan fingerprint density at radius 1 is 1.08 bits per heavy atom. The second kappa shape index (κ2) is 6.25. The van der Waals surface area contributed by atoms with Gasteiger partial charge in [-0.1, -0.05) is 29.3 Å². The highest BCUT2D eigenvalue weighted by atomic mass is 35.5. The average Bonchev–Trinajstić information content (AvgIpc) is 2.88. The summed E-state index contributed by atoms with van der Waals surface area (Å²) >= 11 is 12.1. The molecule has 1 aliphatic rings. The van der Waals surface area contributed by atoms with E-state index >= 15 is 0 Å². The molecule has 0 unspecified atom stereocenters. The maximum Gasteiger partial charge on any atom is 0.248 e. The lowest BCUT2D eigenvalue weighted by molar-refractivity contribution is -0.115. The number of carbonyl (C=O) groups is 1. The monoisotopic (exact) mass is 385 g/mol. The van der Waals surface area contributed by atoms with E-state index in [4.69, 9.17) is 28.3 Å². The molecule has 0 aliphatic carbocycles. The topological polar surface area (TPSA) is 83.7 Å². The van der Waals surface area contributed by atoms with E-state index in [2.05, 4.69) is 0 Å². The lowest BCUT2D eigenvalue weighted by Gasteiger charge is -2.20. The number of sulfonamides is 1. The number of primary sulfonamides is 1. The summed E-state index contributed by atoms with van der Waals surface area (Å²) in [6.07, 6.45) is 0. The summed E-state index contributed by atoms with van der Waals surface area (Å²) < 4.78 is 22.7. The van der Waals surface area contributed by atoms with Gasteiger partial charge in [0.1, 0.15) is 0 Å². The van der Waals surface area contributed by atoms with Crippen LogP contribution in [0, 0.1) is 0 Å². The molecule has 2 aromatic rings. The predicted octanol–water partition coefficient (Wildman–Crippen LogP) is 2.45. The van der Waals surface area contributed by atoms with E-state index in [1.807, 2.05) is 11.0 Å². The summed E-state index contributed by atoms with van der Waals surface area (Å²) in [7, 11) is -3.85. The zero-order valence-corrected chi connectivity index (χ0v) is 14.6. The van der Waals surface area contributed by atoms with Crippen molar-refractivity contribution in [3.8, 4) is 0 Å². The molecule has 0 saturated carbocycles. The SMILES string of the molecule is NS(=O)(=O)c1ccc(N2CN(c3cccc(Cl)c3)CC2=O)c(Cl)c1. The maximum atomic E-state index is 12.3. The molecule has 0 spiro atoms. The van der Waals surface area contributed by atoms with E-state index in [0.29, 0.717) is 10.7 Å². The molecule has 1 heterocycles. The van der Waals surface area contributed by atoms with Crippen molar-refractivity contribution < 1.29 is 13.2 Å². The number of hydrogen-bond acceptors (Lipinski definition) is 4. The molecule has 1 fully saturated rings. The van der Waals surface area contributed by atoms with Gasteiger partial charge >= 0.3 is 0 Å². The number of nitrogens with two attached hydrogens (primary N) is 1. The van der Waals surface area contributed by atoms with Crippen molar-refractivity contribution in [3.05, 3.63) is 52.5 Å². The van der Waals surface area contributed by atoms with Crippen LogP contribution in [0.25, 0.3) is 0 Å². The fourth-order valence-corrected chi connectivity index (χ4v) is 3.56. The number of benzene rings is 2. The highest BCUT2D eigenvalue weighted by Gasteiger charge is 2.30. The summed E-state index contributed by atoms with van der Waals surface area (Å²) in [4.78, 5) is 15.6. The molecule has 1 aliphatic heterocycles. The number of rotatable bonds is 3. The first-order chi connectivity index (χ1) is 11.3. The van der Waals surface area contributed by atoms with Gasteiger partial charge in [-0.3, -0.25) is 9.69 Å². The van der Waals surface area contributed by atoms with Crippen LogP contribution in [0.15, 0.2) is 47.4 Å². The number of anilines is 2. The Hall–Kier alpha value is -1.80. The molecule has 24 heavy (non-hydrogen) atoms. The van der Waals surface area contributed by atoms with Crippen molar-refractivity contribution in [3.63, 3.8) is 0 Å². The quantitative estimate of drug-likeness (QED) is 0.879. The van der Waals surface area contributed by atoms with Crippen molar-refractivity contribution in [1.29, 1.82) is 0 Å². The van der Waals surface area contributed by atoms with Gasteiger partial charge in [-0.05, 0) is 36.4 Å².